The molecule has 0 aliphatic carbocycles. The van der Waals surface area contributed by atoms with Gasteiger partial charge in [-0.1, -0.05) is 6.07 Å². The Morgan fingerprint density at radius 1 is 1.47 bits per heavy atom. The molecule has 0 radical (unpaired) electrons. The Kier molecular flexibility index (Phi) is 2.30. The van der Waals surface area contributed by atoms with Crippen LogP contribution in [0.4, 0.5) is 0 Å². The third-order valence-corrected chi connectivity index (χ3v) is 1.98. The topological polar surface area (TPSA) is 58.7 Å². The van der Waals surface area contributed by atoms with E-state index in [1.165, 1.54) is 6.20 Å². The lowest BCUT2D eigenvalue weighted by Crippen LogP contribution is -1.94. The quantitative estimate of drug-likeness (QED) is 0.686. The van der Waals surface area contributed by atoms with Crippen LogP contribution in [0.15, 0.2) is 36.7 Å². The summed E-state index contributed by atoms with van der Waals surface area (Å²) in [6.45, 7) is 0. The van der Waals surface area contributed by atoms with E-state index in [-0.39, 0.29) is 0 Å². The van der Waals surface area contributed by atoms with Crippen molar-refractivity contribution in [1.29, 1.82) is 5.26 Å². The van der Waals surface area contributed by atoms with Crippen LogP contribution in [0.25, 0.3) is 5.69 Å². The molecular formula is C11H7N3O. The maximum absolute atomic E-state index is 10.5. The molecule has 4 heteroatoms. The standard InChI is InChI=1S/C11H7N3O/c12-5-9-2-1-3-11(4-9)14-7-10(8-15)6-13-14/h1-4,6-8H. The number of aldehydes is 1. The molecule has 2 aromatic rings. The normalized spacial score (nSPS) is 9.53. The summed E-state index contributed by atoms with van der Waals surface area (Å²) in [5.74, 6) is 0. The number of nitriles is 1. The van der Waals surface area contributed by atoms with Gasteiger partial charge in [0, 0.05) is 6.20 Å². The second-order valence-electron chi connectivity index (χ2n) is 3.00. The highest BCUT2D eigenvalue weighted by Crippen LogP contribution is 2.09. The molecule has 2 rings (SSSR count). The van der Waals surface area contributed by atoms with Gasteiger partial charge in [0.1, 0.15) is 0 Å². The van der Waals surface area contributed by atoms with E-state index >= 15 is 0 Å². The minimum atomic E-state index is 0.511. The minimum absolute atomic E-state index is 0.511. The predicted octanol–water partition coefficient (Wildman–Crippen LogP) is 1.56. The van der Waals surface area contributed by atoms with Crippen LogP contribution in [0.5, 0.6) is 0 Å². The zero-order chi connectivity index (χ0) is 10.7. The molecule has 1 aromatic heterocycles. The van der Waals surface area contributed by atoms with E-state index in [2.05, 4.69) is 5.10 Å². The summed E-state index contributed by atoms with van der Waals surface area (Å²) in [5, 5.41) is 12.7. The van der Waals surface area contributed by atoms with Crippen molar-refractivity contribution >= 4 is 6.29 Å². The summed E-state index contributed by atoms with van der Waals surface area (Å²) in [5.41, 5.74) is 1.84. The number of benzene rings is 1. The van der Waals surface area contributed by atoms with E-state index in [4.69, 9.17) is 5.26 Å². The summed E-state index contributed by atoms with van der Waals surface area (Å²) in [4.78, 5) is 10.5. The summed E-state index contributed by atoms with van der Waals surface area (Å²) in [6.07, 6.45) is 3.83. The Bertz CT molecular complexity index is 537. The molecule has 1 aromatic carbocycles. The average molecular weight is 197 g/mol. The van der Waals surface area contributed by atoms with Gasteiger partial charge in [-0.3, -0.25) is 4.79 Å². The predicted molar refractivity (Wildman–Crippen MR) is 53.7 cm³/mol. The number of rotatable bonds is 2. The molecule has 0 unspecified atom stereocenters. The SMILES string of the molecule is N#Cc1cccc(-n2cc(C=O)cn2)c1. The third kappa shape index (κ3) is 1.76. The van der Waals surface area contributed by atoms with Crippen molar-refractivity contribution in [3.63, 3.8) is 0 Å². The van der Waals surface area contributed by atoms with E-state index in [1.54, 1.807) is 29.1 Å². The van der Waals surface area contributed by atoms with Crippen LogP contribution >= 0.6 is 0 Å². The Morgan fingerprint density at radius 3 is 3.00 bits per heavy atom. The van der Waals surface area contributed by atoms with Gasteiger partial charge in [0.15, 0.2) is 6.29 Å². The van der Waals surface area contributed by atoms with Crippen LogP contribution in [-0.4, -0.2) is 16.1 Å². The van der Waals surface area contributed by atoms with Crippen molar-refractivity contribution in [2.24, 2.45) is 0 Å². The van der Waals surface area contributed by atoms with Crippen molar-refractivity contribution in [1.82, 2.24) is 9.78 Å². The molecule has 1 heterocycles. The lowest BCUT2D eigenvalue weighted by atomic mass is 10.2. The minimum Gasteiger partial charge on any atom is -0.298 e. The Hall–Kier alpha value is -2.41. The second kappa shape index (κ2) is 3.76. The smallest absolute Gasteiger partial charge is 0.153 e. The lowest BCUT2D eigenvalue weighted by Gasteiger charge is -1.99. The van der Waals surface area contributed by atoms with Gasteiger partial charge in [0.2, 0.25) is 0 Å². The molecule has 0 N–H and O–H groups in total. The Balaban J connectivity index is 2.45. The Morgan fingerprint density at radius 2 is 2.33 bits per heavy atom. The highest BCUT2D eigenvalue weighted by molar-refractivity contribution is 5.73. The molecule has 0 aliphatic rings. The number of carbonyl (C=O) groups is 1. The van der Waals surface area contributed by atoms with Gasteiger partial charge in [-0.2, -0.15) is 10.4 Å². The van der Waals surface area contributed by atoms with Crippen molar-refractivity contribution < 1.29 is 4.79 Å². The number of hydrogen-bond acceptors (Lipinski definition) is 3. The van der Waals surface area contributed by atoms with Gasteiger partial charge in [0.05, 0.1) is 29.1 Å². The van der Waals surface area contributed by atoms with Crippen molar-refractivity contribution in [2.75, 3.05) is 0 Å². The largest absolute Gasteiger partial charge is 0.298 e. The molecule has 15 heavy (non-hydrogen) atoms. The average Bonchev–Trinajstić information content (AvgIpc) is 2.78. The van der Waals surface area contributed by atoms with Crippen LogP contribution in [0.1, 0.15) is 15.9 Å². The third-order valence-electron chi connectivity index (χ3n) is 1.98. The zero-order valence-corrected chi connectivity index (χ0v) is 7.79. The zero-order valence-electron chi connectivity index (χ0n) is 7.79. The molecule has 0 aliphatic heterocycles. The molecule has 0 saturated carbocycles. The molecule has 4 nitrogen and oxygen atoms in total. The fourth-order valence-corrected chi connectivity index (χ4v) is 1.26. The number of carbonyl (C=O) groups excluding carboxylic acids is 1. The maximum Gasteiger partial charge on any atom is 0.153 e. The summed E-state index contributed by atoms with van der Waals surface area (Å²) in [7, 11) is 0. The maximum atomic E-state index is 10.5. The highest BCUT2D eigenvalue weighted by atomic mass is 16.1. The van der Waals surface area contributed by atoms with E-state index in [1.807, 2.05) is 12.1 Å². The van der Waals surface area contributed by atoms with Crippen LogP contribution in [-0.2, 0) is 0 Å². The Labute approximate surface area is 86.4 Å². The van der Waals surface area contributed by atoms with E-state index in [0.29, 0.717) is 11.1 Å². The second-order valence-corrected chi connectivity index (χ2v) is 3.00. The number of aromatic nitrogens is 2. The van der Waals surface area contributed by atoms with E-state index in [0.717, 1.165) is 12.0 Å². The van der Waals surface area contributed by atoms with E-state index < -0.39 is 0 Å². The summed E-state index contributed by atoms with van der Waals surface area (Å²) < 4.78 is 1.56. The van der Waals surface area contributed by atoms with Crippen LogP contribution in [0.3, 0.4) is 0 Å². The van der Waals surface area contributed by atoms with E-state index in [9.17, 15) is 4.79 Å². The first-order valence-corrected chi connectivity index (χ1v) is 4.34. The first-order valence-electron chi connectivity index (χ1n) is 4.34. The fourth-order valence-electron chi connectivity index (χ4n) is 1.26. The summed E-state index contributed by atoms with van der Waals surface area (Å²) in [6, 6.07) is 9.07. The van der Waals surface area contributed by atoms with Crippen LogP contribution in [0, 0.1) is 11.3 Å². The van der Waals surface area contributed by atoms with Crippen molar-refractivity contribution in [3.8, 4) is 11.8 Å². The first-order chi connectivity index (χ1) is 7.33. The molecule has 0 fully saturated rings. The van der Waals surface area contributed by atoms with Gasteiger partial charge in [-0.25, -0.2) is 4.68 Å². The first kappa shape index (κ1) is 9.16. The van der Waals surface area contributed by atoms with Gasteiger partial charge < -0.3 is 0 Å². The molecule has 0 bridgehead atoms. The van der Waals surface area contributed by atoms with Gasteiger partial charge in [-0.05, 0) is 18.2 Å². The molecule has 0 saturated heterocycles. The van der Waals surface area contributed by atoms with Gasteiger partial charge >= 0.3 is 0 Å². The highest BCUT2D eigenvalue weighted by Gasteiger charge is 2.00. The fraction of sp³-hybridized carbons (Fsp3) is 0. The number of nitrogens with zero attached hydrogens (tertiary/aromatic N) is 3. The molecular weight excluding hydrogens is 190 g/mol. The van der Waals surface area contributed by atoms with Crippen molar-refractivity contribution in [3.05, 3.63) is 47.8 Å². The van der Waals surface area contributed by atoms with Gasteiger partial charge in [-0.15, -0.1) is 0 Å². The molecule has 0 atom stereocenters. The molecule has 0 amide bonds. The van der Waals surface area contributed by atoms with Crippen LogP contribution < -0.4 is 0 Å². The van der Waals surface area contributed by atoms with Crippen molar-refractivity contribution in [2.45, 2.75) is 0 Å². The lowest BCUT2D eigenvalue weighted by molar-refractivity contribution is 0.112. The molecule has 72 valence electrons. The monoisotopic (exact) mass is 197 g/mol. The summed E-state index contributed by atoms with van der Waals surface area (Å²) >= 11 is 0. The number of hydrogen-bond donors (Lipinski definition) is 0. The molecule has 0 spiro atoms. The van der Waals surface area contributed by atoms with Crippen LogP contribution in [0.2, 0.25) is 0 Å². The van der Waals surface area contributed by atoms with Gasteiger partial charge in [0.25, 0.3) is 0 Å².